The van der Waals surface area contributed by atoms with Crippen LogP contribution in [0, 0.1) is 5.92 Å². The van der Waals surface area contributed by atoms with Gasteiger partial charge in [-0.05, 0) is 56.9 Å². The largest absolute Gasteiger partial charge is 0.463 e. The Kier molecular flexibility index (Phi) is 13.6. The Morgan fingerprint density at radius 1 is 0.714 bits per heavy atom. The second-order valence-electron chi connectivity index (χ2n) is 8.79. The second-order valence-corrected chi connectivity index (χ2v) is 8.79. The van der Waals surface area contributed by atoms with E-state index in [4.69, 9.17) is 18.9 Å². The Balaban J connectivity index is 2.32. The fourth-order valence-electron chi connectivity index (χ4n) is 2.87. The van der Waals surface area contributed by atoms with Crippen molar-refractivity contribution in [2.45, 2.75) is 71.7 Å². The van der Waals surface area contributed by atoms with Crippen molar-refractivity contribution in [3.05, 3.63) is 35.4 Å². The summed E-state index contributed by atoms with van der Waals surface area (Å²) in [6, 6.07) is 5.53. The second kappa shape index (κ2) is 15.8. The molecular weight excluding hydrogens is 460 g/mol. The van der Waals surface area contributed by atoms with Crippen molar-refractivity contribution in [3.8, 4) is 0 Å². The first-order valence-corrected chi connectivity index (χ1v) is 11.6. The van der Waals surface area contributed by atoms with Crippen molar-refractivity contribution < 1.29 is 48.3 Å². The number of carbonyl (C=O) groups excluding carboxylic acids is 4. The van der Waals surface area contributed by atoms with Crippen LogP contribution in [0.4, 0.5) is 0 Å². The average Bonchev–Trinajstić information content (AvgIpc) is 2.78. The normalized spacial score (nSPS) is 12.7. The third kappa shape index (κ3) is 13.5. The zero-order valence-corrected chi connectivity index (χ0v) is 20.7. The summed E-state index contributed by atoms with van der Waals surface area (Å²) in [6.07, 6.45) is -1.33. The molecule has 0 fully saturated rings. The maximum atomic E-state index is 12.1. The number of aliphatic hydroxyl groups is 2. The van der Waals surface area contributed by atoms with Crippen LogP contribution in [0.5, 0.6) is 0 Å². The molecule has 0 spiro atoms. The van der Waals surface area contributed by atoms with Gasteiger partial charge >= 0.3 is 23.9 Å². The third-order valence-electron chi connectivity index (χ3n) is 4.48. The number of carbonyl (C=O) groups is 4. The van der Waals surface area contributed by atoms with Gasteiger partial charge in [0.25, 0.3) is 0 Å². The Morgan fingerprint density at radius 2 is 1.17 bits per heavy atom. The van der Waals surface area contributed by atoms with Crippen molar-refractivity contribution in [1.29, 1.82) is 0 Å². The van der Waals surface area contributed by atoms with Crippen molar-refractivity contribution in [2.75, 3.05) is 19.8 Å². The zero-order valence-electron chi connectivity index (χ0n) is 20.7. The number of esters is 4. The third-order valence-corrected chi connectivity index (χ3v) is 4.48. The van der Waals surface area contributed by atoms with E-state index in [9.17, 15) is 29.4 Å². The summed E-state index contributed by atoms with van der Waals surface area (Å²) in [5.74, 6) is -2.07. The highest BCUT2D eigenvalue weighted by atomic mass is 16.6. The lowest BCUT2D eigenvalue weighted by Crippen LogP contribution is -2.25. The minimum absolute atomic E-state index is 0.00876. The van der Waals surface area contributed by atoms with Crippen molar-refractivity contribution in [1.82, 2.24) is 0 Å². The molecule has 0 saturated heterocycles. The predicted molar refractivity (Wildman–Crippen MR) is 125 cm³/mol. The molecule has 2 unspecified atom stereocenters. The molecule has 0 aliphatic rings. The Bertz CT molecular complexity index is 816. The first kappa shape index (κ1) is 30.1. The molecule has 0 radical (unpaired) electrons. The van der Waals surface area contributed by atoms with Crippen LogP contribution in [0.1, 0.15) is 74.1 Å². The lowest BCUT2D eigenvalue weighted by Gasteiger charge is -2.13. The summed E-state index contributed by atoms with van der Waals surface area (Å²) < 4.78 is 19.9. The number of ether oxygens (including phenoxy) is 4. The highest BCUT2D eigenvalue weighted by Gasteiger charge is 2.16. The van der Waals surface area contributed by atoms with Gasteiger partial charge in [-0.25, -0.2) is 9.59 Å². The van der Waals surface area contributed by atoms with Gasteiger partial charge in [0.15, 0.2) is 0 Å². The zero-order chi connectivity index (χ0) is 26.4. The molecule has 2 N–H and O–H groups in total. The van der Waals surface area contributed by atoms with Gasteiger partial charge in [-0.15, -0.1) is 0 Å². The molecule has 0 heterocycles. The van der Waals surface area contributed by atoms with E-state index in [0.29, 0.717) is 6.42 Å². The molecule has 0 aliphatic carbocycles. The van der Waals surface area contributed by atoms with Gasteiger partial charge in [0.2, 0.25) is 0 Å². The predicted octanol–water partition coefficient (Wildman–Crippen LogP) is 2.43. The maximum absolute atomic E-state index is 12.1. The Hall–Kier alpha value is -2.98. The monoisotopic (exact) mass is 496 g/mol. The van der Waals surface area contributed by atoms with E-state index in [0.717, 1.165) is 0 Å². The summed E-state index contributed by atoms with van der Waals surface area (Å²) in [7, 11) is 0. The number of aliphatic hydroxyl groups excluding tert-OH is 2. The van der Waals surface area contributed by atoms with Gasteiger partial charge < -0.3 is 29.2 Å². The quantitative estimate of drug-likeness (QED) is 0.274. The van der Waals surface area contributed by atoms with E-state index in [1.165, 1.54) is 24.3 Å². The van der Waals surface area contributed by atoms with E-state index in [2.05, 4.69) is 0 Å². The van der Waals surface area contributed by atoms with Crippen LogP contribution in [0.15, 0.2) is 24.3 Å². The lowest BCUT2D eigenvalue weighted by molar-refractivity contribution is -0.149. The molecule has 1 rings (SSSR count). The SMILES string of the molecule is CC(C)CC(O)COC(=O)c1ccc(C(=O)OCC(O)COC(=O)CCCC(=O)OC(C)C)cc1. The summed E-state index contributed by atoms with van der Waals surface area (Å²) in [5.41, 5.74) is 0.363. The summed E-state index contributed by atoms with van der Waals surface area (Å²) in [5, 5.41) is 19.7. The molecule has 2 atom stereocenters. The van der Waals surface area contributed by atoms with Crippen molar-refractivity contribution >= 4 is 23.9 Å². The molecular formula is C25H36O10. The molecule has 10 heteroatoms. The van der Waals surface area contributed by atoms with Crippen LogP contribution in [0.25, 0.3) is 0 Å². The van der Waals surface area contributed by atoms with Gasteiger partial charge in [-0.2, -0.15) is 0 Å². The fourth-order valence-corrected chi connectivity index (χ4v) is 2.87. The molecule has 10 nitrogen and oxygen atoms in total. The molecule has 35 heavy (non-hydrogen) atoms. The van der Waals surface area contributed by atoms with Crippen LogP contribution in [0.3, 0.4) is 0 Å². The van der Waals surface area contributed by atoms with Gasteiger partial charge in [-0.3, -0.25) is 9.59 Å². The van der Waals surface area contributed by atoms with E-state index in [1.807, 2.05) is 13.8 Å². The van der Waals surface area contributed by atoms with E-state index < -0.39 is 42.7 Å². The topological polar surface area (TPSA) is 146 Å². The summed E-state index contributed by atoms with van der Waals surface area (Å²) >= 11 is 0. The molecule has 1 aromatic rings. The van der Waals surface area contributed by atoms with Crippen LogP contribution in [0.2, 0.25) is 0 Å². The molecule has 0 aliphatic heterocycles. The first-order valence-electron chi connectivity index (χ1n) is 11.6. The van der Waals surface area contributed by atoms with E-state index in [-0.39, 0.29) is 55.6 Å². The lowest BCUT2D eigenvalue weighted by atomic mass is 10.1. The molecule has 1 aromatic carbocycles. The molecule has 0 bridgehead atoms. The van der Waals surface area contributed by atoms with Crippen LogP contribution in [-0.4, -0.2) is 72.2 Å². The fraction of sp³-hybridized carbons (Fsp3) is 0.600. The minimum Gasteiger partial charge on any atom is -0.463 e. The van der Waals surface area contributed by atoms with Gasteiger partial charge in [0.05, 0.1) is 23.3 Å². The standard InChI is InChI=1S/C25H36O10/c1-16(2)12-20(26)13-33-24(30)18-8-10-19(11-9-18)25(31)34-15-21(27)14-32-22(28)6-5-7-23(29)35-17(3)4/h8-11,16-17,20-21,26-27H,5-7,12-15H2,1-4H3. The van der Waals surface area contributed by atoms with Gasteiger partial charge in [0, 0.05) is 12.8 Å². The number of rotatable bonds is 15. The average molecular weight is 497 g/mol. The van der Waals surface area contributed by atoms with Gasteiger partial charge in [0.1, 0.15) is 25.9 Å². The maximum Gasteiger partial charge on any atom is 0.338 e. The van der Waals surface area contributed by atoms with E-state index in [1.54, 1.807) is 13.8 Å². The van der Waals surface area contributed by atoms with Gasteiger partial charge in [-0.1, -0.05) is 13.8 Å². The number of benzene rings is 1. The van der Waals surface area contributed by atoms with Crippen molar-refractivity contribution in [2.24, 2.45) is 5.92 Å². The summed E-state index contributed by atoms with van der Waals surface area (Å²) in [4.78, 5) is 47.3. The first-order chi connectivity index (χ1) is 16.5. The smallest absolute Gasteiger partial charge is 0.338 e. The Labute approximate surface area is 205 Å². The molecule has 0 saturated carbocycles. The minimum atomic E-state index is -1.22. The highest BCUT2D eigenvalue weighted by Crippen LogP contribution is 2.10. The summed E-state index contributed by atoms with van der Waals surface area (Å²) in [6.45, 7) is 6.48. The van der Waals surface area contributed by atoms with Crippen LogP contribution < -0.4 is 0 Å². The molecule has 0 aromatic heterocycles. The van der Waals surface area contributed by atoms with Crippen LogP contribution >= 0.6 is 0 Å². The van der Waals surface area contributed by atoms with Crippen LogP contribution in [-0.2, 0) is 28.5 Å². The highest BCUT2D eigenvalue weighted by molar-refractivity contribution is 5.93. The van der Waals surface area contributed by atoms with E-state index >= 15 is 0 Å². The Morgan fingerprint density at radius 3 is 1.66 bits per heavy atom. The van der Waals surface area contributed by atoms with Crippen molar-refractivity contribution in [3.63, 3.8) is 0 Å². The molecule has 0 amide bonds. The molecule has 196 valence electrons. The number of hydrogen-bond acceptors (Lipinski definition) is 10. The number of hydrogen-bond donors (Lipinski definition) is 2.